The van der Waals surface area contributed by atoms with E-state index in [1.807, 2.05) is 30.3 Å². The predicted molar refractivity (Wildman–Crippen MR) is 96.6 cm³/mol. The molecule has 0 saturated carbocycles. The second-order valence-electron chi connectivity index (χ2n) is 5.84. The molecule has 26 heavy (non-hydrogen) atoms. The molecule has 0 unspecified atom stereocenters. The standard InChI is InChI=1S/C20H18N2O4/c1-13-18(19(23)22(21-13)16-6-4-3-5-7-16)12-15-8-10-17(11-9-15)26-14(2)20(24)25/h3-12,14H,1-2H3,(H,24,25)/p-1/b18-12+/t14-/m0/s1. The summed E-state index contributed by atoms with van der Waals surface area (Å²) in [4.78, 5) is 23.4. The highest BCUT2D eigenvalue weighted by Crippen LogP contribution is 2.25. The summed E-state index contributed by atoms with van der Waals surface area (Å²) in [6.45, 7) is 3.19. The lowest BCUT2D eigenvalue weighted by Crippen LogP contribution is -2.37. The molecule has 6 nitrogen and oxygen atoms in total. The van der Waals surface area contributed by atoms with Gasteiger partial charge in [-0.05, 0) is 49.8 Å². The van der Waals surface area contributed by atoms with Gasteiger partial charge in [0.2, 0.25) is 0 Å². The molecule has 0 aromatic heterocycles. The van der Waals surface area contributed by atoms with Crippen molar-refractivity contribution in [2.45, 2.75) is 20.0 Å². The molecule has 0 fully saturated rings. The number of rotatable bonds is 5. The molecule has 0 saturated heterocycles. The van der Waals surface area contributed by atoms with Crippen LogP contribution in [0, 0.1) is 0 Å². The van der Waals surface area contributed by atoms with E-state index in [4.69, 9.17) is 4.74 Å². The number of carbonyl (C=O) groups excluding carboxylic acids is 2. The van der Waals surface area contributed by atoms with E-state index in [1.54, 1.807) is 37.3 Å². The average Bonchev–Trinajstić information content (AvgIpc) is 2.92. The summed E-state index contributed by atoms with van der Waals surface area (Å²) in [7, 11) is 0. The van der Waals surface area contributed by atoms with E-state index in [1.165, 1.54) is 11.9 Å². The summed E-state index contributed by atoms with van der Waals surface area (Å²) in [6, 6.07) is 16.0. The molecule has 0 bridgehead atoms. The zero-order chi connectivity index (χ0) is 18.7. The Morgan fingerprint density at radius 3 is 2.42 bits per heavy atom. The second-order valence-corrected chi connectivity index (χ2v) is 5.84. The van der Waals surface area contributed by atoms with Crippen LogP contribution in [-0.4, -0.2) is 23.7 Å². The maximum Gasteiger partial charge on any atom is 0.280 e. The molecule has 6 heteroatoms. The van der Waals surface area contributed by atoms with Crippen LogP contribution in [0.15, 0.2) is 65.3 Å². The van der Waals surface area contributed by atoms with Gasteiger partial charge in [-0.15, -0.1) is 0 Å². The number of nitrogens with zero attached hydrogens (tertiary/aromatic N) is 2. The highest BCUT2D eigenvalue weighted by atomic mass is 16.5. The Hall–Kier alpha value is -3.41. The topological polar surface area (TPSA) is 82.0 Å². The van der Waals surface area contributed by atoms with Gasteiger partial charge in [-0.3, -0.25) is 4.79 Å². The third kappa shape index (κ3) is 3.64. The van der Waals surface area contributed by atoms with Gasteiger partial charge in [0.25, 0.3) is 5.91 Å². The summed E-state index contributed by atoms with van der Waals surface area (Å²) in [5.41, 5.74) is 2.63. The zero-order valence-corrected chi connectivity index (χ0v) is 14.4. The number of hydrogen-bond donors (Lipinski definition) is 0. The number of aliphatic carboxylic acids is 1. The minimum absolute atomic E-state index is 0.195. The Morgan fingerprint density at radius 1 is 1.15 bits per heavy atom. The molecule has 0 aliphatic carbocycles. The number of para-hydroxylation sites is 1. The summed E-state index contributed by atoms with van der Waals surface area (Å²) in [5.74, 6) is -1.06. The smallest absolute Gasteiger partial charge is 0.280 e. The number of hydrogen-bond acceptors (Lipinski definition) is 5. The van der Waals surface area contributed by atoms with Gasteiger partial charge in [-0.2, -0.15) is 10.1 Å². The van der Waals surface area contributed by atoms with Crippen LogP contribution >= 0.6 is 0 Å². The van der Waals surface area contributed by atoms with Gasteiger partial charge in [0, 0.05) is 0 Å². The van der Waals surface area contributed by atoms with E-state index in [2.05, 4.69) is 5.10 Å². The molecule has 3 rings (SSSR count). The summed E-state index contributed by atoms with van der Waals surface area (Å²) in [6.07, 6.45) is 0.709. The fourth-order valence-electron chi connectivity index (χ4n) is 2.49. The lowest BCUT2D eigenvalue weighted by Gasteiger charge is -2.15. The van der Waals surface area contributed by atoms with Crippen LogP contribution in [0.25, 0.3) is 6.08 Å². The summed E-state index contributed by atoms with van der Waals surface area (Å²) < 4.78 is 5.24. The zero-order valence-electron chi connectivity index (χ0n) is 14.4. The molecule has 0 spiro atoms. The maximum atomic E-state index is 12.7. The van der Waals surface area contributed by atoms with Gasteiger partial charge in [0.15, 0.2) is 0 Å². The number of anilines is 1. The number of hydrazone groups is 1. The quantitative estimate of drug-likeness (QED) is 0.773. The second kappa shape index (κ2) is 7.23. The van der Waals surface area contributed by atoms with Crippen molar-refractivity contribution < 1.29 is 19.4 Å². The van der Waals surface area contributed by atoms with Crippen molar-refractivity contribution in [1.29, 1.82) is 0 Å². The monoisotopic (exact) mass is 349 g/mol. The molecule has 2 aromatic rings. The largest absolute Gasteiger partial charge is 0.546 e. The van der Waals surface area contributed by atoms with Crippen molar-refractivity contribution in [1.82, 2.24) is 0 Å². The fourth-order valence-corrected chi connectivity index (χ4v) is 2.49. The Kier molecular flexibility index (Phi) is 4.84. The van der Waals surface area contributed by atoms with Crippen molar-refractivity contribution in [3.63, 3.8) is 0 Å². The van der Waals surface area contributed by atoms with Crippen LogP contribution in [0.2, 0.25) is 0 Å². The van der Waals surface area contributed by atoms with Gasteiger partial charge in [-0.1, -0.05) is 30.3 Å². The van der Waals surface area contributed by atoms with E-state index >= 15 is 0 Å². The summed E-state index contributed by atoms with van der Waals surface area (Å²) >= 11 is 0. The summed E-state index contributed by atoms with van der Waals surface area (Å²) in [5, 5.41) is 16.4. The van der Waals surface area contributed by atoms with E-state index in [-0.39, 0.29) is 5.91 Å². The number of amides is 1. The molecule has 1 amide bonds. The number of carboxylic acids is 1. The van der Waals surface area contributed by atoms with Crippen molar-refractivity contribution >= 4 is 29.4 Å². The average molecular weight is 349 g/mol. The SMILES string of the molecule is CC1=NN(c2ccccc2)C(=O)/C1=C/c1ccc(O[C@@H](C)C(=O)[O-])cc1. The first-order valence-electron chi connectivity index (χ1n) is 8.10. The molecular formula is C20H17N2O4-. The van der Waals surface area contributed by atoms with E-state index < -0.39 is 12.1 Å². The molecule has 1 heterocycles. The maximum absolute atomic E-state index is 12.7. The minimum Gasteiger partial charge on any atom is -0.546 e. The Balaban J connectivity index is 1.79. The van der Waals surface area contributed by atoms with Crippen LogP contribution in [-0.2, 0) is 9.59 Å². The molecule has 2 aromatic carbocycles. The Labute approximate surface area is 151 Å². The van der Waals surface area contributed by atoms with E-state index in [0.717, 1.165) is 5.56 Å². The molecule has 132 valence electrons. The molecule has 1 aliphatic heterocycles. The van der Waals surface area contributed by atoms with Gasteiger partial charge in [-0.25, -0.2) is 0 Å². The van der Waals surface area contributed by atoms with Crippen LogP contribution < -0.4 is 14.9 Å². The van der Waals surface area contributed by atoms with Crippen molar-refractivity contribution in [2.75, 3.05) is 5.01 Å². The third-order valence-electron chi connectivity index (χ3n) is 3.90. The molecule has 1 atom stereocenters. The third-order valence-corrected chi connectivity index (χ3v) is 3.90. The van der Waals surface area contributed by atoms with E-state index in [0.29, 0.717) is 22.7 Å². The number of carbonyl (C=O) groups is 2. The molecular weight excluding hydrogens is 332 g/mol. The number of benzene rings is 2. The lowest BCUT2D eigenvalue weighted by atomic mass is 10.1. The van der Waals surface area contributed by atoms with Gasteiger partial charge >= 0.3 is 0 Å². The molecule has 0 N–H and O–H groups in total. The van der Waals surface area contributed by atoms with Crippen LogP contribution in [0.4, 0.5) is 5.69 Å². The molecule has 0 radical (unpaired) electrons. The predicted octanol–water partition coefficient (Wildman–Crippen LogP) is 2.01. The highest BCUT2D eigenvalue weighted by molar-refractivity contribution is 6.32. The fraction of sp³-hybridized carbons (Fsp3) is 0.150. The van der Waals surface area contributed by atoms with Crippen LogP contribution in [0.3, 0.4) is 0 Å². The normalized spacial score (nSPS) is 16.5. The van der Waals surface area contributed by atoms with Crippen LogP contribution in [0.1, 0.15) is 19.4 Å². The number of carboxylic acid groups (broad SMARTS) is 1. The first kappa shape index (κ1) is 17.4. The van der Waals surface area contributed by atoms with Crippen molar-refractivity contribution in [3.8, 4) is 5.75 Å². The van der Waals surface area contributed by atoms with E-state index in [9.17, 15) is 14.7 Å². The van der Waals surface area contributed by atoms with Gasteiger partial charge in [0.1, 0.15) is 11.9 Å². The Bertz CT molecular complexity index is 886. The van der Waals surface area contributed by atoms with Gasteiger partial charge in [0.05, 0.1) is 22.9 Å². The first-order valence-corrected chi connectivity index (χ1v) is 8.10. The Morgan fingerprint density at radius 2 is 1.81 bits per heavy atom. The van der Waals surface area contributed by atoms with Crippen molar-refractivity contribution in [3.05, 3.63) is 65.7 Å². The van der Waals surface area contributed by atoms with Crippen LogP contribution in [0.5, 0.6) is 5.75 Å². The first-order chi connectivity index (χ1) is 12.5. The van der Waals surface area contributed by atoms with Gasteiger partial charge < -0.3 is 14.6 Å². The number of ether oxygens (including phenoxy) is 1. The minimum atomic E-state index is -1.28. The highest BCUT2D eigenvalue weighted by Gasteiger charge is 2.28. The molecule has 1 aliphatic rings. The lowest BCUT2D eigenvalue weighted by molar-refractivity contribution is -0.312. The van der Waals surface area contributed by atoms with Crippen molar-refractivity contribution in [2.24, 2.45) is 5.10 Å².